The Morgan fingerprint density at radius 1 is 1.16 bits per heavy atom. The minimum atomic E-state index is -0.353. The van der Waals surface area contributed by atoms with Crippen LogP contribution in [0.15, 0.2) is 46.7 Å². The number of nitrogens with one attached hydrogen (secondary N) is 2. The number of anilines is 2. The average molecular weight is 468 g/mol. The van der Waals surface area contributed by atoms with E-state index in [0.717, 1.165) is 36.1 Å². The third-order valence-electron chi connectivity index (χ3n) is 5.04. The van der Waals surface area contributed by atoms with Gasteiger partial charge in [0.1, 0.15) is 11.1 Å². The zero-order chi connectivity index (χ0) is 21.8. The van der Waals surface area contributed by atoms with Gasteiger partial charge < -0.3 is 10.6 Å². The molecule has 2 N–H and O–H groups in total. The monoisotopic (exact) mass is 467 g/mol. The SMILES string of the molecule is CC(Sc1cccc(NC(=O)c2cccs2)c1)C(=O)Nc1sc2c(c1C#N)CCCC2. The topological polar surface area (TPSA) is 82.0 Å². The van der Waals surface area contributed by atoms with Crippen LogP contribution in [0, 0.1) is 11.3 Å². The molecule has 1 unspecified atom stereocenters. The van der Waals surface area contributed by atoms with Gasteiger partial charge in [0.2, 0.25) is 5.91 Å². The highest BCUT2D eigenvalue weighted by atomic mass is 32.2. The van der Waals surface area contributed by atoms with E-state index in [1.54, 1.807) is 6.07 Å². The largest absolute Gasteiger partial charge is 0.321 e. The first-order chi connectivity index (χ1) is 15.0. The second-order valence-electron chi connectivity index (χ2n) is 7.24. The third-order valence-corrected chi connectivity index (χ3v) is 8.21. The highest BCUT2D eigenvalue weighted by Crippen LogP contribution is 2.38. The lowest BCUT2D eigenvalue weighted by atomic mass is 9.96. The molecule has 0 saturated carbocycles. The lowest BCUT2D eigenvalue weighted by Crippen LogP contribution is -2.22. The van der Waals surface area contributed by atoms with Crippen LogP contribution >= 0.6 is 34.4 Å². The Balaban J connectivity index is 1.41. The van der Waals surface area contributed by atoms with Crippen molar-refractivity contribution in [3.8, 4) is 6.07 Å². The van der Waals surface area contributed by atoms with Gasteiger partial charge in [0.15, 0.2) is 0 Å². The maximum Gasteiger partial charge on any atom is 0.265 e. The van der Waals surface area contributed by atoms with Gasteiger partial charge in [0.05, 0.1) is 15.7 Å². The van der Waals surface area contributed by atoms with Crippen LogP contribution in [0.25, 0.3) is 0 Å². The van der Waals surface area contributed by atoms with Gasteiger partial charge in [-0.3, -0.25) is 9.59 Å². The third kappa shape index (κ3) is 5.01. The number of nitriles is 1. The van der Waals surface area contributed by atoms with E-state index >= 15 is 0 Å². The van der Waals surface area contributed by atoms with E-state index in [1.165, 1.54) is 39.3 Å². The fourth-order valence-corrected chi connectivity index (χ4v) is 6.28. The molecule has 2 heterocycles. The summed E-state index contributed by atoms with van der Waals surface area (Å²) in [5, 5.41) is 17.6. The molecule has 1 aliphatic rings. The maximum absolute atomic E-state index is 12.8. The van der Waals surface area contributed by atoms with Crippen molar-refractivity contribution in [2.24, 2.45) is 0 Å². The minimum Gasteiger partial charge on any atom is -0.321 e. The summed E-state index contributed by atoms with van der Waals surface area (Å²) >= 11 is 4.35. The number of rotatable bonds is 6. The number of aryl methyl sites for hydroxylation is 1. The van der Waals surface area contributed by atoms with E-state index < -0.39 is 0 Å². The fourth-order valence-electron chi connectivity index (χ4n) is 3.49. The summed E-state index contributed by atoms with van der Waals surface area (Å²) in [5.74, 6) is -0.276. The molecule has 0 saturated heterocycles. The molecule has 8 heteroatoms. The first-order valence-corrected chi connectivity index (χ1v) is 12.6. The van der Waals surface area contributed by atoms with Crippen molar-refractivity contribution in [2.75, 3.05) is 10.6 Å². The highest BCUT2D eigenvalue weighted by molar-refractivity contribution is 8.00. The molecule has 0 fully saturated rings. The van der Waals surface area contributed by atoms with Gasteiger partial charge in [-0.05, 0) is 67.8 Å². The number of benzene rings is 1. The van der Waals surface area contributed by atoms with Crippen molar-refractivity contribution < 1.29 is 9.59 Å². The zero-order valence-corrected chi connectivity index (χ0v) is 19.4. The van der Waals surface area contributed by atoms with Gasteiger partial charge in [0.25, 0.3) is 5.91 Å². The summed E-state index contributed by atoms with van der Waals surface area (Å²) in [6.45, 7) is 1.84. The van der Waals surface area contributed by atoms with E-state index in [9.17, 15) is 14.9 Å². The normalized spacial score (nSPS) is 13.7. The maximum atomic E-state index is 12.8. The van der Waals surface area contributed by atoms with Gasteiger partial charge in [-0.25, -0.2) is 0 Å². The first-order valence-electron chi connectivity index (χ1n) is 10.0. The molecule has 0 bridgehead atoms. The second-order valence-corrected chi connectivity index (χ2v) is 10.7. The van der Waals surface area contributed by atoms with Crippen molar-refractivity contribution in [1.82, 2.24) is 0 Å². The van der Waals surface area contributed by atoms with Gasteiger partial charge >= 0.3 is 0 Å². The smallest absolute Gasteiger partial charge is 0.265 e. The summed E-state index contributed by atoms with van der Waals surface area (Å²) in [6, 6.07) is 13.4. The molecule has 5 nitrogen and oxygen atoms in total. The number of carbonyl (C=O) groups excluding carboxylic acids is 2. The highest BCUT2D eigenvalue weighted by Gasteiger charge is 2.23. The van der Waals surface area contributed by atoms with Gasteiger partial charge in [-0.2, -0.15) is 5.26 Å². The number of thioether (sulfide) groups is 1. The van der Waals surface area contributed by atoms with Crippen molar-refractivity contribution >= 4 is 56.9 Å². The Kier molecular flexibility index (Phi) is 6.76. The molecular weight excluding hydrogens is 446 g/mol. The number of amides is 2. The summed E-state index contributed by atoms with van der Waals surface area (Å²) in [4.78, 5) is 27.8. The van der Waals surface area contributed by atoms with Crippen LogP contribution in [0.3, 0.4) is 0 Å². The molecule has 1 aliphatic carbocycles. The Bertz CT molecular complexity index is 1150. The second kappa shape index (κ2) is 9.69. The van der Waals surface area contributed by atoms with Gasteiger partial charge in [-0.1, -0.05) is 12.1 Å². The fraction of sp³-hybridized carbons (Fsp3) is 0.261. The van der Waals surface area contributed by atoms with Crippen LogP contribution in [0.5, 0.6) is 0 Å². The van der Waals surface area contributed by atoms with E-state index in [-0.39, 0.29) is 17.1 Å². The number of fused-ring (bicyclic) bond motifs is 1. The quantitative estimate of drug-likeness (QED) is 0.440. The van der Waals surface area contributed by atoms with Crippen LogP contribution in [0.2, 0.25) is 0 Å². The Hall–Kier alpha value is -2.60. The lowest BCUT2D eigenvalue weighted by molar-refractivity contribution is -0.115. The number of hydrogen-bond acceptors (Lipinski definition) is 6. The summed E-state index contributed by atoms with van der Waals surface area (Å²) < 4.78 is 0. The van der Waals surface area contributed by atoms with Crippen LogP contribution in [0.4, 0.5) is 10.7 Å². The van der Waals surface area contributed by atoms with Crippen LogP contribution < -0.4 is 10.6 Å². The van der Waals surface area contributed by atoms with Crippen molar-refractivity contribution in [1.29, 1.82) is 5.26 Å². The van der Waals surface area contributed by atoms with E-state index in [4.69, 9.17) is 0 Å². The van der Waals surface area contributed by atoms with Crippen molar-refractivity contribution in [3.05, 3.63) is 62.7 Å². The van der Waals surface area contributed by atoms with Crippen LogP contribution in [-0.4, -0.2) is 17.1 Å². The molecule has 3 aromatic rings. The Morgan fingerprint density at radius 3 is 2.77 bits per heavy atom. The van der Waals surface area contributed by atoms with E-state index in [1.807, 2.05) is 42.6 Å². The van der Waals surface area contributed by atoms with Crippen LogP contribution in [0.1, 0.15) is 45.4 Å². The number of nitrogens with zero attached hydrogens (tertiary/aromatic N) is 1. The molecule has 2 aromatic heterocycles. The van der Waals surface area contributed by atoms with E-state index in [0.29, 0.717) is 21.1 Å². The molecule has 0 radical (unpaired) electrons. The average Bonchev–Trinajstić information content (AvgIpc) is 3.41. The molecule has 31 heavy (non-hydrogen) atoms. The van der Waals surface area contributed by atoms with Crippen molar-refractivity contribution in [2.45, 2.75) is 42.8 Å². The number of carbonyl (C=O) groups is 2. The molecular formula is C23H21N3O2S3. The predicted octanol–water partition coefficient (Wildman–Crippen LogP) is 5.93. The van der Waals surface area contributed by atoms with Gasteiger partial charge in [0, 0.05) is 15.5 Å². The number of thiophene rings is 2. The Morgan fingerprint density at radius 2 is 2.00 bits per heavy atom. The molecule has 1 atom stereocenters. The lowest BCUT2D eigenvalue weighted by Gasteiger charge is -2.12. The summed E-state index contributed by atoms with van der Waals surface area (Å²) in [6.07, 6.45) is 4.13. The summed E-state index contributed by atoms with van der Waals surface area (Å²) in [5.41, 5.74) is 2.43. The Labute approximate surface area is 193 Å². The van der Waals surface area contributed by atoms with Crippen molar-refractivity contribution in [3.63, 3.8) is 0 Å². The zero-order valence-electron chi connectivity index (χ0n) is 16.9. The molecule has 0 spiro atoms. The number of hydrogen-bond donors (Lipinski definition) is 2. The molecule has 1 aromatic carbocycles. The predicted molar refractivity (Wildman–Crippen MR) is 128 cm³/mol. The van der Waals surface area contributed by atoms with Crippen LogP contribution in [-0.2, 0) is 17.6 Å². The van der Waals surface area contributed by atoms with Gasteiger partial charge in [-0.15, -0.1) is 34.4 Å². The molecule has 4 rings (SSSR count). The standard InChI is InChI=1S/C23H21N3O2S3/c1-14(21(27)26-23-18(13-24)17-8-2-3-9-19(17)31-23)30-16-7-4-6-15(12-16)25-22(28)20-10-5-11-29-20/h4-7,10-12,14H,2-3,8-9H2,1H3,(H,25,28)(H,26,27). The molecule has 0 aliphatic heterocycles. The first kappa shape index (κ1) is 21.6. The molecule has 158 valence electrons. The molecule has 2 amide bonds. The van der Waals surface area contributed by atoms with E-state index in [2.05, 4.69) is 16.7 Å². The summed E-state index contributed by atoms with van der Waals surface area (Å²) in [7, 11) is 0. The minimum absolute atomic E-state index is 0.131.